The third-order valence-corrected chi connectivity index (χ3v) is 5.71. The smallest absolute Gasteiger partial charge is 0.150 e. The minimum atomic E-state index is 0.465. The summed E-state index contributed by atoms with van der Waals surface area (Å²) in [5, 5.41) is 0. The van der Waals surface area contributed by atoms with Crippen molar-refractivity contribution < 1.29 is 4.74 Å². The zero-order valence-corrected chi connectivity index (χ0v) is 17.6. The molecule has 29 heavy (non-hydrogen) atoms. The summed E-state index contributed by atoms with van der Waals surface area (Å²) in [4.78, 5) is 11.7. The Labute approximate surface area is 172 Å². The maximum Gasteiger partial charge on any atom is 0.150 e. The molecule has 0 bridgehead atoms. The number of nitrogens with two attached hydrogens (primary N) is 1. The van der Waals surface area contributed by atoms with Crippen LogP contribution in [0.4, 0.5) is 5.82 Å². The number of fused-ring (bicyclic) bond motifs is 1. The van der Waals surface area contributed by atoms with Crippen molar-refractivity contribution in [3.63, 3.8) is 0 Å². The van der Waals surface area contributed by atoms with Gasteiger partial charge in [-0.1, -0.05) is 25.5 Å². The number of unbranched alkanes of at least 4 members (excludes halogenated alkanes) is 1. The van der Waals surface area contributed by atoms with Crippen molar-refractivity contribution in [2.24, 2.45) is 5.92 Å². The van der Waals surface area contributed by atoms with Gasteiger partial charge in [0, 0.05) is 30.4 Å². The molecule has 3 aromatic rings. The second-order valence-corrected chi connectivity index (χ2v) is 8.38. The first kappa shape index (κ1) is 19.7. The largest absolute Gasteiger partial charge is 0.494 e. The lowest BCUT2D eigenvalue weighted by Gasteiger charge is -2.36. The summed E-state index contributed by atoms with van der Waals surface area (Å²) in [6.45, 7) is 4.03. The highest BCUT2D eigenvalue weighted by atomic mass is 16.5. The third kappa shape index (κ3) is 4.08. The fourth-order valence-electron chi connectivity index (χ4n) is 4.26. The van der Waals surface area contributed by atoms with Crippen molar-refractivity contribution >= 4 is 11.3 Å². The predicted molar refractivity (Wildman–Crippen MR) is 117 cm³/mol. The molecular weight excluding hydrogens is 362 g/mol. The number of imidazole rings is 1. The van der Waals surface area contributed by atoms with E-state index in [0.717, 1.165) is 60.3 Å². The molecule has 1 aliphatic rings. The highest BCUT2D eigenvalue weighted by Crippen LogP contribution is 2.43. The number of ether oxygens (including phenoxy) is 1. The Bertz CT molecular complexity index is 975. The number of aromatic nitrogens is 3. The summed E-state index contributed by atoms with van der Waals surface area (Å²) >= 11 is 0. The molecule has 6 nitrogen and oxygen atoms in total. The molecule has 2 aromatic heterocycles. The maximum absolute atomic E-state index is 6.29. The highest BCUT2D eigenvalue weighted by Gasteiger charge is 2.34. The maximum atomic E-state index is 6.29. The third-order valence-electron chi connectivity index (χ3n) is 5.71. The van der Waals surface area contributed by atoms with Crippen molar-refractivity contribution in [2.75, 3.05) is 33.0 Å². The van der Waals surface area contributed by atoms with Gasteiger partial charge in [-0.05, 0) is 51.4 Å². The fraction of sp³-hybridized carbons (Fsp3) is 0.478. The van der Waals surface area contributed by atoms with E-state index in [1.54, 1.807) is 6.20 Å². The Hall–Kier alpha value is -2.60. The van der Waals surface area contributed by atoms with E-state index in [1.807, 2.05) is 18.3 Å². The number of anilines is 1. The van der Waals surface area contributed by atoms with Gasteiger partial charge in [-0.15, -0.1) is 0 Å². The van der Waals surface area contributed by atoms with Crippen molar-refractivity contribution in [3.05, 3.63) is 42.5 Å². The SMILES string of the molecule is CCCCOc1cccc(-c2nc([C@H]3C[C@@H](CN(C)C)C3)n3ccnc(N)c23)c1. The zero-order chi connectivity index (χ0) is 20.4. The Morgan fingerprint density at radius 2 is 2.10 bits per heavy atom. The molecule has 1 fully saturated rings. The highest BCUT2D eigenvalue weighted by molar-refractivity contribution is 5.85. The Morgan fingerprint density at radius 3 is 2.86 bits per heavy atom. The van der Waals surface area contributed by atoms with Crippen molar-refractivity contribution in [2.45, 2.75) is 38.5 Å². The van der Waals surface area contributed by atoms with Crippen LogP contribution in [0, 0.1) is 5.92 Å². The van der Waals surface area contributed by atoms with Gasteiger partial charge in [0.25, 0.3) is 0 Å². The standard InChI is InChI=1S/C23H31N5O/c1-4-5-11-29-19-8-6-7-17(14-19)20-21-22(24)25-9-10-28(21)23(26-20)18-12-16(13-18)15-27(2)3/h6-10,14,16,18H,4-5,11-13,15H2,1-3H3,(H2,24,25)/t16-,18+. The van der Waals surface area contributed by atoms with E-state index in [9.17, 15) is 0 Å². The van der Waals surface area contributed by atoms with Crippen LogP contribution in [0.5, 0.6) is 5.75 Å². The van der Waals surface area contributed by atoms with Gasteiger partial charge in [0.05, 0.1) is 6.61 Å². The van der Waals surface area contributed by atoms with E-state index in [4.69, 9.17) is 15.5 Å². The minimum Gasteiger partial charge on any atom is -0.494 e. The van der Waals surface area contributed by atoms with Gasteiger partial charge in [0.15, 0.2) is 0 Å². The summed E-state index contributed by atoms with van der Waals surface area (Å²) in [5.74, 6) is 3.68. The van der Waals surface area contributed by atoms with Gasteiger partial charge < -0.3 is 15.4 Å². The monoisotopic (exact) mass is 393 g/mol. The van der Waals surface area contributed by atoms with Crippen LogP contribution in [0.2, 0.25) is 0 Å². The molecule has 6 heteroatoms. The predicted octanol–water partition coefficient (Wildman–Crippen LogP) is 4.21. The lowest BCUT2D eigenvalue weighted by atomic mass is 9.74. The van der Waals surface area contributed by atoms with Crippen LogP contribution in [-0.4, -0.2) is 46.5 Å². The van der Waals surface area contributed by atoms with E-state index < -0.39 is 0 Å². The molecule has 2 N–H and O–H groups in total. The zero-order valence-electron chi connectivity index (χ0n) is 17.6. The van der Waals surface area contributed by atoms with Gasteiger partial charge >= 0.3 is 0 Å². The molecule has 1 aromatic carbocycles. The number of hydrogen-bond donors (Lipinski definition) is 1. The van der Waals surface area contributed by atoms with Crippen molar-refractivity contribution in [1.82, 2.24) is 19.3 Å². The lowest BCUT2D eigenvalue weighted by molar-refractivity contribution is 0.194. The summed E-state index contributed by atoms with van der Waals surface area (Å²) in [5.41, 5.74) is 9.09. The molecule has 0 aliphatic heterocycles. The van der Waals surface area contributed by atoms with Gasteiger partial charge in [-0.3, -0.25) is 4.40 Å². The molecule has 2 heterocycles. The van der Waals surface area contributed by atoms with Crippen LogP contribution in [0.15, 0.2) is 36.7 Å². The average molecular weight is 394 g/mol. The van der Waals surface area contributed by atoms with E-state index >= 15 is 0 Å². The molecule has 1 saturated carbocycles. The van der Waals surface area contributed by atoms with E-state index in [2.05, 4.69) is 47.4 Å². The number of rotatable bonds is 8. The number of nitrogens with zero attached hydrogens (tertiary/aromatic N) is 4. The van der Waals surface area contributed by atoms with Crippen LogP contribution in [0.25, 0.3) is 16.8 Å². The topological polar surface area (TPSA) is 68.7 Å². The van der Waals surface area contributed by atoms with Gasteiger partial charge in [-0.2, -0.15) is 0 Å². The van der Waals surface area contributed by atoms with Crippen LogP contribution >= 0.6 is 0 Å². The summed E-state index contributed by atoms with van der Waals surface area (Å²) in [6, 6.07) is 8.15. The molecule has 4 rings (SSSR count). The molecule has 0 saturated heterocycles. The first-order valence-corrected chi connectivity index (χ1v) is 10.6. The first-order chi connectivity index (χ1) is 14.1. The first-order valence-electron chi connectivity index (χ1n) is 10.6. The Morgan fingerprint density at radius 1 is 1.28 bits per heavy atom. The summed E-state index contributed by atoms with van der Waals surface area (Å²) in [6.07, 6.45) is 8.25. The van der Waals surface area contributed by atoms with Gasteiger partial charge in [0.1, 0.15) is 28.6 Å². The van der Waals surface area contributed by atoms with Crippen molar-refractivity contribution in [1.29, 1.82) is 0 Å². The molecule has 0 radical (unpaired) electrons. The van der Waals surface area contributed by atoms with E-state index in [-0.39, 0.29) is 0 Å². The molecule has 1 aliphatic carbocycles. The number of nitrogen functional groups attached to an aromatic ring is 1. The van der Waals surface area contributed by atoms with Crippen molar-refractivity contribution in [3.8, 4) is 17.0 Å². The summed E-state index contributed by atoms with van der Waals surface area (Å²) < 4.78 is 8.04. The minimum absolute atomic E-state index is 0.465. The van der Waals surface area contributed by atoms with Crippen LogP contribution in [0.1, 0.15) is 44.3 Å². The Balaban J connectivity index is 1.66. The van der Waals surface area contributed by atoms with Crippen LogP contribution in [-0.2, 0) is 0 Å². The number of benzene rings is 1. The molecule has 0 unspecified atom stereocenters. The Kier molecular flexibility index (Phi) is 5.72. The van der Waals surface area contributed by atoms with E-state index in [0.29, 0.717) is 11.7 Å². The fourth-order valence-corrected chi connectivity index (χ4v) is 4.26. The molecule has 154 valence electrons. The molecule has 0 spiro atoms. The average Bonchev–Trinajstić information content (AvgIpc) is 3.05. The lowest BCUT2D eigenvalue weighted by Crippen LogP contribution is -2.32. The van der Waals surface area contributed by atoms with Gasteiger partial charge in [-0.25, -0.2) is 9.97 Å². The van der Waals surface area contributed by atoms with Crippen LogP contribution in [0.3, 0.4) is 0 Å². The normalized spacial score (nSPS) is 18.9. The quantitative estimate of drug-likeness (QED) is 0.581. The summed E-state index contributed by atoms with van der Waals surface area (Å²) in [7, 11) is 4.27. The second-order valence-electron chi connectivity index (χ2n) is 8.38. The second kappa shape index (κ2) is 8.41. The molecular formula is C23H31N5O. The van der Waals surface area contributed by atoms with Crippen LogP contribution < -0.4 is 10.5 Å². The van der Waals surface area contributed by atoms with Gasteiger partial charge in [0.2, 0.25) is 0 Å². The number of hydrogen-bond acceptors (Lipinski definition) is 5. The molecule has 0 atom stereocenters. The van der Waals surface area contributed by atoms with E-state index in [1.165, 1.54) is 12.8 Å². The molecule has 0 amide bonds.